The number of hydrogen-bond donors (Lipinski definition) is 2. The molecule has 2 unspecified atom stereocenters. The van der Waals surface area contributed by atoms with Crippen LogP contribution in [0, 0.1) is 11.8 Å². The van der Waals surface area contributed by atoms with E-state index in [4.69, 9.17) is 5.73 Å². The standard InChI is InChI=1S/C17H31N3O/c1-17(18)9-3-2-4-15(17)16(21)20-10-7-14(8-11-20)19-12-13-5-6-13/h13-15,19H,2-12,18H2,1H3. The van der Waals surface area contributed by atoms with E-state index in [0.717, 1.165) is 51.1 Å². The molecule has 3 N–H and O–H groups in total. The number of hydrogen-bond acceptors (Lipinski definition) is 3. The predicted octanol–water partition coefficient (Wildman–Crippen LogP) is 1.88. The number of likely N-dealkylation sites (tertiary alicyclic amines) is 1. The van der Waals surface area contributed by atoms with Crippen LogP contribution in [0.25, 0.3) is 0 Å². The SMILES string of the molecule is CC1(N)CCCCC1C(=O)N1CCC(NCC2CC2)CC1. The summed E-state index contributed by atoms with van der Waals surface area (Å²) in [5.41, 5.74) is 6.09. The van der Waals surface area contributed by atoms with Crippen molar-refractivity contribution in [1.29, 1.82) is 0 Å². The molecular weight excluding hydrogens is 262 g/mol. The minimum absolute atomic E-state index is 0.0437. The van der Waals surface area contributed by atoms with Crippen LogP contribution in [0.4, 0.5) is 0 Å². The van der Waals surface area contributed by atoms with Crippen LogP contribution in [-0.2, 0) is 4.79 Å². The molecule has 3 fully saturated rings. The molecular formula is C17H31N3O. The zero-order chi connectivity index (χ0) is 14.9. The lowest BCUT2D eigenvalue weighted by atomic mass is 9.74. The van der Waals surface area contributed by atoms with E-state index in [2.05, 4.69) is 17.1 Å². The van der Waals surface area contributed by atoms with Gasteiger partial charge in [0.15, 0.2) is 0 Å². The molecule has 3 rings (SSSR count). The Hall–Kier alpha value is -0.610. The Kier molecular flexibility index (Phi) is 4.55. The van der Waals surface area contributed by atoms with Gasteiger partial charge in [0.2, 0.25) is 5.91 Å². The summed E-state index contributed by atoms with van der Waals surface area (Å²) in [5.74, 6) is 1.30. The van der Waals surface area contributed by atoms with Gasteiger partial charge in [0.1, 0.15) is 0 Å². The lowest BCUT2D eigenvalue weighted by Crippen LogP contribution is -2.55. The Bertz CT molecular complexity index is 370. The van der Waals surface area contributed by atoms with Crippen molar-refractivity contribution in [1.82, 2.24) is 10.2 Å². The summed E-state index contributed by atoms with van der Waals surface area (Å²) in [5, 5.41) is 3.68. The van der Waals surface area contributed by atoms with Crippen molar-refractivity contribution in [3.63, 3.8) is 0 Å². The number of carbonyl (C=O) groups excluding carboxylic acids is 1. The van der Waals surface area contributed by atoms with Crippen molar-refractivity contribution in [3.05, 3.63) is 0 Å². The molecule has 0 aromatic heterocycles. The lowest BCUT2D eigenvalue weighted by Gasteiger charge is -2.42. The highest BCUT2D eigenvalue weighted by atomic mass is 16.2. The normalized spacial score (nSPS) is 35.0. The van der Waals surface area contributed by atoms with Crippen LogP contribution >= 0.6 is 0 Å². The topological polar surface area (TPSA) is 58.4 Å². The number of nitrogens with zero attached hydrogens (tertiary/aromatic N) is 1. The van der Waals surface area contributed by atoms with E-state index < -0.39 is 0 Å². The van der Waals surface area contributed by atoms with Crippen LogP contribution in [0.3, 0.4) is 0 Å². The molecule has 1 amide bonds. The summed E-state index contributed by atoms with van der Waals surface area (Å²) in [6.07, 6.45) is 9.31. The van der Waals surface area contributed by atoms with Crippen LogP contribution in [0.5, 0.6) is 0 Å². The Morgan fingerprint density at radius 3 is 2.52 bits per heavy atom. The fourth-order valence-corrected chi connectivity index (χ4v) is 3.94. The van der Waals surface area contributed by atoms with Gasteiger partial charge in [-0.3, -0.25) is 4.79 Å². The zero-order valence-corrected chi connectivity index (χ0v) is 13.4. The van der Waals surface area contributed by atoms with Crippen LogP contribution in [0.1, 0.15) is 58.3 Å². The van der Waals surface area contributed by atoms with Crippen molar-refractivity contribution in [2.75, 3.05) is 19.6 Å². The summed E-state index contributed by atoms with van der Waals surface area (Å²) in [6.45, 7) is 5.07. The van der Waals surface area contributed by atoms with Gasteiger partial charge in [-0.2, -0.15) is 0 Å². The molecule has 2 saturated carbocycles. The minimum Gasteiger partial charge on any atom is -0.342 e. The van der Waals surface area contributed by atoms with Crippen LogP contribution < -0.4 is 11.1 Å². The number of piperidine rings is 1. The number of carbonyl (C=O) groups is 1. The fourth-order valence-electron chi connectivity index (χ4n) is 3.94. The van der Waals surface area contributed by atoms with Crippen molar-refractivity contribution in [2.45, 2.75) is 69.9 Å². The van der Waals surface area contributed by atoms with Gasteiger partial charge < -0.3 is 16.0 Å². The van der Waals surface area contributed by atoms with Crippen molar-refractivity contribution < 1.29 is 4.79 Å². The van der Waals surface area contributed by atoms with Gasteiger partial charge >= 0.3 is 0 Å². The molecule has 4 nitrogen and oxygen atoms in total. The zero-order valence-electron chi connectivity index (χ0n) is 13.4. The van der Waals surface area contributed by atoms with E-state index >= 15 is 0 Å². The van der Waals surface area contributed by atoms with Crippen molar-refractivity contribution in [3.8, 4) is 0 Å². The molecule has 0 spiro atoms. The van der Waals surface area contributed by atoms with Gasteiger partial charge in [0, 0.05) is 24.7 Å². The average molecular weight is 293 g/mol. The molecule has 1 aliphatic heterocycles. The quantitative estimate of drug-likeness (QED) is 0.832. The predicted molar refractivity (Wildman–Crippen MR) is 84.9 cm³/mol. The molecule has 0 radical (unpaired) electrons. The summed E-state index contributed by atoms with van der Waals surface area (Å²) in [7, 11) is 0. The molecule has 21 heavy (non-hydrogen) atoms. The van der Waals surface area contributed by atoms with Gasteiger partial charge in [-0.25, -0.2) is 0 Å². The molecule has 0 bridgehead atoms. The Labute approximate surface area is 128 Å². The first-order valence-corrected chi connectivity index (χ1v) is 8.87. The van der Waals surface area contributed by atoms with E-state index in [1.165, 1.54) is 25.8 Å². The second-order valence-corrected chi connectivity index (χ2v) is 7.76. The van der Waals surface area contributed by atoms with E-state index in [1.807, 2.05) is 0 Å². The molecule has 2 atom stereocenters. The number of nitrogens with one attached hydrogen (secondary N) is 1. The van der Waals surface area contributed by atoms with Gasteiger partial charge in [-0.15, -0.1) is 0 Å². The highest BCUT2D eigenvalue weighted by Gasteiger charge is 2.40. The van der Waals surface area contributed by atoms with Crippen LogP contribution in [0.2, 0.25) is 0 Å². The second kappa shape index (κ2) is 6.25. The highest BCUT2D eigenvalue weighted by molar-refractivity contribution is 5.80. The first-order chi connectivity index (χ1) is 10.1. The fraction of sp³-hybridized carbons (Fsp3) is 0.941. The van der Waals surface area contributed by atoms with Crippen molar-refractivity contribution in [2.24, 2.45) is 17.6 Å². The number of rotatable bonds is 4. The van der Waals surface area contributed by atoms with Gasteiger partial charge in [0.25, 0.3) is 0 Å². The maximum Gasteiger partial charge on any atom is 0.227 e. The summed E-state index contributed by atoms with van der Waals surface area (Å²) in [4.78, 5) is 14.9. The summed E-state index contributed by atoms with van der Waals surface area (Å²) >= 11 is 0. The molecule has 1 heterocycles. The first kappa shape index (κ1) is 15.3. The van der Waals surface area contributed by atoms with Crippen LogP contribution in [0.15, 0.2) is 0 Å². The monoisotopic (exact) mass is 293 g/mol. The molecule has 120 valence electrons. The number of amides is 1. The molecule has 4 heteroatoms. The highest BCUT2D eigenvalue weighted by Crippen LogP contribution is 2.33. The Morgan fingerprint density at radius 1 is 1.19 bits per heavy atom. The van der Waals surface area contributed by atoms with Gasteiger partial charge in [0.05, 0.1) is 5.92 Å². The van der Waals surface area contributed by atoms with Gasteiger partial charge in [-0.05, 0) is 57.9 Å². The molecule has 1 saturated heterocycles. The van der Waals surface area contributed by atoms with E-state index in [9.17, 15) is 4.79 Å². The third-order valence-electron chi connectivity index (χ3n) is 5.75. The second-order valence-electron chi connectivity index (χ2n) is 7.76. The summed E-state index contributed by atoms with van der Waals surface area (Å²) < 4.78 is 0. The maximum atomic E-state index is 12.8. The largest absolute Gasteiger partial charge is 0.342 e. The first-order valence-electron chi connectivity index (χ1n) is 8.87. The Morgan fingerprint density at radius 2 is 1.90 bits per heavy atom. The van der Waals surface area contributed by atoms with Crippen LogP contribution in [-0.4, -0.2) is 42.0 Å². The molecule has 2 aliphatic carbocycles. The summed E-state index contributed by atoms with van der Waals surface area (Å²) in [6, 6.07) is 0.616. The molecule has 0 aromatic carbocycles. The minimum atomic E-state index is -0.295. The van der Waals surface area contributed by atoms with E-state index in [0.29, 0.717) is 11.9 Å². The maximum absolute atomic E-state index is 12.8. The Balaban J connectivity index is 1.47. The van der Waals surface area contributed by atoms with E-state index in [-0.39, 0.29) is 11.5 Å². The number of nitrogens with two attached hydrogens (primary N) is 1. The average Bonchev–Trinajstić information content (AvgIpc) is 3.29. The van der Waals surface area contributed by atoms with Crippen molar-refractivity contribution >= 4 is 5.91 Å². The van der Waals surface area contributed by atoms with E-state index in [1.54, 1.807) is 0 Å². The van der Waals surface area contributed by atoms with Gasteiger partial charge in [-0.1, -0.05) is 12.8 Å². The third kappa shape index (κ3) is 3.78. The molecule has 0 aromatic rings. The lowest BCUT2D eigenvalue weighted by molar-refractivity contribution is -0.140. The molecule has 3 aliphatic rings. The smallest absolute Gasteiger partial charge is 0.227 e. The third-order valence-corrected chi connectivity index (χ3v) is 5.75.